The number of nitrogens with one attached hydrogen (secondary N) is 1. The summed E-state index contributed by atoms with van der Waals surface area (Å²) in [4.78, 5) is 0. The molecule has 0 radical (unpaired) electrons. The fourth-order valence-corrected chi connectivity index (χ4v) is 2.54. The largest absolute Gasteiger partial charge is 0.393 e. The van der Waals surface area contributed by atoms with Crippen LogP contribution in [0.15, 0.2) is 11.6 Å². The number of aliphatic hydroxyl groups is 1. The van der Waals surface area contributed by atoms with Crippen LogP contribution in [0.1, 0.15) is 59.3 Å². The normalized spacial score (nSPS) is 26.6. The summed E-state index contributed by atoms with van der Waals surface area (Å²) in [5.41, 5.74) is 1.41. The Morgan fingerprint density at radius 2 is 2.18 bits per heavy atom. The van der Waals surface area contributed by atoms with Gasteiger partial charge in [-0.05, 0) is 65.3 Å². The van der Waals surface area contributed by atoms with Gasteiger partial charge < -0.3 is 10.4 Å². The SMILES string of the molecule is CC(C)=CCC[C@H](C)NC[C@@H]1CCC[C@H](O)C1. The van der Waals surface area contributed by atoms with Gasteiger partial charge in [0, 0.05) is 6.04 Å². The molecule has 0 heterocycles. The first-order valence-corrected chi connectivity index (χ1v) is 7.12. The lowest BCUT2D eigenvalue weighted by molar-refractivity contribution is 0.0997. The van der Waals surface area contributed by atoms with Crippen LogP contribution in [0.3, 0.4) is 0 Å². The van der Waals surface area contributed by atoms with E-state index in [9.17, 15) is 5.11 Å². The standard InChI is InChI=1S/C15H29NO/c1-12(2)6-4-7-13(3)16-11-14-8-5-9-15(17)10-14/h6,13-17H,4-5,7-11H2,1-3H3/t13-,14+,15-/m0/s1. The minimum Gasteiger partial charge on any atom is -0.393 e. The van der Waals surface area contributed by atoms with E-state index in [1.807, 2.05) is 0 Å². The van der Waals surface area contributed by atoms with Crippen molar-refractivity contribution >= 4 is 0 Å². The van der Waals surface area contributed by atoms with Crippen LogP contribution < -0.4 is 5.32 Å². The highest BCUT2D eigenvalue weighted by Gasteiger charge is 2.20. The first-order chi connectivity index (χ1) is 8.08. The molecule has 2 N–H and O–H groups in total. The van der Waals surface area contributed by atoms with Gasteiger partial charge in [-0.3, -0.25) is 0 Å². The second kappa shape index (κ2) is 7.88. The lowest BCUT2D eigenvalue weighted by atomic mass is 9.87. The summed E-state index contributed by atoms with van der Waals surface area (Å²) < 4.78 is 0. The number of hydrogen-bond donors (Lipinski definition) is 2. The average molecular weight is 239 g/mol. The van der Waals surface area contributed by atoms with E-state index in [1.165, 1.54) is 31.3 Å². The van der Waals surface area contributed by atoms with Crippen molar-refractivity contribution in [3.8, 4) is 0 Å². The van der Waals surface area contributed by atoms with E-state index in [1.54, 1.807) is 0 Å². The second-order valence-electron chi connectivity index (χ2n) is 5.85. The molecule has 0 unspecified atom stereocenters. The third-order valence-corrected chi connectivity index (χ3v) is 3.66. The number of rotatable bonds is 6. The molecule has 1 fully saturated rings. The van der Waals surface area contributed by atoms with E-state index in [0.717, 1.165) is 19.4 Å². The van der Waals surface area contributed by atoms with Crippen LogP contribution >= 0.6 is 0 Å². The Morgan fingerprint density at radius 3 is 2.82 bits per heavy atom. The Hall–Kier alpha value is -0.340. The van der Waals surface area contributed by atoms with E-state index in [4.69, 9.17) is 0 Å². The molecule has 0 aromatic heterocycles. The number of allylic oxidation sites excluding steroid dienone is 2. The van der Waals surface area contributed by atoms with Gasteiger partial charge in [-0.2, -0.15) is 0 Å². The molecular weight excluding hydrogens is 210 g/mol. The highest BCUT2D eigenvalue weighted by Crippen LogP contribution is 2.23. The molecule has 1 aliphatic carbocycles. The molecule has 3 atom stereocenters. The zero-order valence-corrected chi connectivity index (χ0v) is 11.7. The van der Waals surface area contributed by atoms with Gasteiger partial charge in [0.05, 0.1) is 6.10 Å². The van der Waals surface area contributed by atoms with Crippen molar-refractivity contribution in [2.45, 2.75) is 71.4 Å². The van der Waals surface area contributed by atoms with Crippen LogP contribution in [0.2, 0.25) is 0 Å². The Morgan fingerprint density at radius 1 is 1.41 bits per heavy atom. The fraction of sp³-hybridized carbons (Fsp3) is 0.867. The van der Waals surface area contributed by atoms with Gasteiger partial charge in [-0.15, -0.1) is 0 Å². The summed E-state index contributed by atoms with van der Waals surface area (Å²) >= 11 is 0. The Bertz CT molecular complexity index is 233. The Kier molecular flexibility index (Phi) is 6.83. The molecule has 0 aromatic rings. The van der Waals surface area contributed by atoms with Crippen molar-refractivity contribution in [1.82, 2.24) is 5.32 Å². The Labute approximate surface area is 106 Å². The number of aliphatic hydroxyl groups excluding tert-OH is 1. The summed E-state index contributed by atoms with van der Waals surface area (Å²) in [7, 11) is 0. The van der Waals surface area contributed by atoms with E-state index in [0.29, 0.717) is 12.0 Å². The van der Waals surface area contributed by atoms with Crippen molar-refractivity contribution < 1.29 is 5.11 Å². The molecule has 1 rings (SSSR count). The van der Waals surface area contributed by atoms with Gasteiger partial charge in [0.2, 0.25) is 0 Å². The van der Waals surface area contributed by atoms with Crippen LogP contribution in [0.4, 0.5) is 0 Å². The molecule has 0 saturated heterocycles. The van der Waals surface area contributed by atoms with Crippen LogP contribution in [0, 0.1) is 5.92 Å². The molecule has 1 aliphatic rings. The first kappa shape index (κ1) is 14.7. The van der Waals surface area contributed by atoms with Crippen molar-refractivity contribution in [1.29, 1.82) is 0 Å². The molecule has 100 valence electrons. The average Bonchev–Trinajstić information content (AvgIpc) is 2.26. The van der Waals surface area contributed by atoms with E-state index < -0.39 is 0 Å². The van der Waals surface area contributed by atoms with Gasteiger partial charge >= 0.3 is 0 Å². The van der Waals surface area contributed by atoms with Crippen LogP contribution in [0.5, 0.6) is 0 Å². The van der Waals surface area contributed by atoms with Crippen molar-refractivity contribution in [2.24, 2.45) is 5.92 Å². The van der Waals surface area contributed by atoms with Crippen molar-refractivity contribution in [2.75, 3.05) is 6.54 Å². The highest BCUT2D eigenvalue weighted by molar-refractivity contribution is 4.93. The van der Waals surface area contributed by atoms with Crippen molar-refractivity contribution in [3.05, 3.63) is 11.6 Å². The van der Waals surface area contributed by atoms with E-state index >= 15 is 0 Å². The summed E-state index contributed by atoms with van der Waals surface area (Å²) in [6.07, 6.45) is 9.12. The lowest BCUT2D eigenvalue weighted by Gasteiger charge is -2.27. The van der Waals surface area contributed by atoms with E-state index in [2.05, 4.69) is 32.2 Å². The molecule has 17 heavy (non-hydrogen) atoms. The smallest absolute Gasteiger partial charge is 0.0543 e. The molecule has 0 bridgehead atoms. The monoisotopic (exact) mass is 239 g/mol. The summed E-state index contributed by atoms with van der Waals surface area (Å²) in [5, 5.41) is 13.2. The van der Waals surface area contributed by atoms with Gasteiger partial charge in [0.1, 0.15) is 0 Å². The first-order valence-electron chi connectivity index (χ1n) is 7.12. The molecule has 2 heteroatoms. The number of hydrogen-bond acceptors (Lipinski definition) is 2. The minimum atomic E-state index is -0.0449. The van der Waals surface area contributed by atoms with Crippen LogP contribution in [-0.2, 0) is 0 Å². The van der Waals surface area contributed by atoms with Gasteiger partial charge in [-0.1, -0.05) is 18.1 Å². The molecule has 0 amide bonds. The molecule has 0 spiro atoms. The third-order valence-electron chi connectivity index (χ3n) is 3.66. The van der Waals surface area contributed by atoms with Gasteiger partial charge in [-0.25, -0.2) is 0 Å². The maximum atomic E-state index is 9.61. The van der Waals surface area contributed by atoms with Crippen molar-refractivity contribution in [3.63, 3.8) is 0 Å². The maximum absolute atomic E-state index is 9.61. The van der Waals surface area contributed by atoms with Crippen LogP contribution in [0.25, 0.3) is 0 Å². The zero-order valence-electron chi connectivity index (χ0n) is 11.7. The molecular formula is C15H29NO. The summed E-state index contributed by atoms with van der Waals surface area (Å²) in [6.45, 7) is 7.65. The minimum absolute atomic E-state index is 0.0449. The summed E-state index contributed by atoms with van der Waals surface area (Å²) in [5.74, 6) is 0.685. The molecule has 0 aromatic carbocycles. The predicted octanol–water partition coefficient (Wildman–Crippen LogP) is 3.26. The zero-order chi connectivity index (χ0) is 12.7. The fourth-order valence-electron chi connectivity index (χ4n) is 2.54. The second-order valence-corrected chi connectivity index (χ2v) is 5.85. The topological polar surface area (TPSA) is 32.3 Å². The Balaban J connectivity index is 2.10. The molecule has 0 aliphatic heterocycles. The van der Waals surface area contributed by atoms with Gasteiger partial charge in [0.15, 0.2) is 0 Å². The summed E-state index contributed by atoms with van der Waals surface area (Å²) in [6, 6.07) is 0.588. The predicted molar refractivity (Wildman–Crippen MR) is 74.1 cm³/mol. The lowest BCUT2D eigenvalue weighted by Crippen LogP contribution is -2.34. The molecule has 2 nitrogen and oxygen atoms in total. The maximum Gasteiger partial charge on any atom is 0.0543 e. The van der Waals surface area contributed by atoms with Crippen LogP contribution in [-0.4, -0.2) is 23.8 Å². The molecule has 1 saturated carbocycles. The highest BCUT2D eigenvalue weighted by atomic mass is 16.3. The van der Waals surface area contributed by atoms with Gasteiger partial charge in [0.25, 0.3) is 0 Å². The van der Waals surface area contributed by atoms with E-state index in [-0.39, 0.29) is 6.10 Å². The quantitative estimate of drug-likeness (QED) is 0.697. The third kappa shape index (κ3) is 6.85.